The number of hydrogen-bond donors (Lipinski definition) is 1. The zero-order valence-electron chi connectivity index (χ0n) is 21.2. The van der Waals surface area contributed by atoms with E-state index in [1.807, 2.05) is 0 Å². The number of halogens is 5. The Labute approximate surface area is 222 Å². The highest BCUT2D eigenvalue weighted by Gasteiger charge is 2.55. The third-order valence-corrected chi connectivity index (χ3v) is 8.33. The molecule has 2 amide bonds. The molecule has 2 N–H and O–H groups in total. The first-order valence-corrected chi connectivity index (χ1v) is 12.7. The predicted molar refractivity (Wildman–Crippen MR) is 135 cm³/mol. The molecule has 0 saturated carbocycles. The maximum Gasteiger partial charge on any atom is 0.426 e. The summed E-state index contributed by atoms with van der Waals surface area (Å²) >= 11 is 0. The Morgan fingerprint density at radius 1 is 0.974 bits per heavy atom. The van der Waals surface area contributed by atoms with Crippen LogP contribution in [0.5, 0.6) is 0 Å². The van der Waals surface area contributed by atoms with E-state index in [2.05, 4.69) is 0 Å². The minimum atomic E-state index is -5.06. The second-order valence-corrected chi connectivity index (χ2v) is 10.6. The Hall–Kier alpha value is -3.75. The van der Waals surface area contributed by atoms with E-state index in [0.29, 0.717) is 50.3 Å². The number of fused-ring (bicyclic) bond motifs is 3. The van der Waals surface area contributed by atoms with Gasteiger partial charge in [-0.15, -0.1) is 0 Å². The first-order valence-electron chi connectivity index (χ1n) is 12.7. The molecule has 3 atom stereocenters. The number of primary amides is 1. The van der Waals surface area contributed by atoms with Crippen LogP contribution in [-0.2, 0) is 23.9 Å². The van der Waals surface area contributed by atoms with Crippen LogP contribution < -0.4 is 5.73 Å². The van der Waals surface area contributed by atoms with Gasteiger partial charge in [0, 0.05) is 29.1 Å². The summed E-state index contributed by atoms with van der Waals surface area (Å²) in [5, 5.41) is 0. The molecule has 1 saturated heterocycles. The minimum absolute atomic E-state index is 0.231. The van der Waals surface area contributed by atoms with Crippen LogP contribution in [0.4, 0.5) is 22.0 Å². The summed E-state index contributed by atoms with van der Waals surface area (Å²) < 4.78 is 68.9. The van der Waals surface area contributed by atoms with Crippen LogP contribution >= 0.6 is 0 Å². The number of hydrogen-bond acceptors (Lipinski definition) is 2. The van der Waals surface area contributed by atoms with Gasteiger partial charge in [0.2, 0.25) is 11.6 Å². The first kappa shape index (κ1) is 26.8. The van der Waals surface area contributed by atoms with Crippen LogP contribution in [0.25, 0.3) is 0 Å². The Morgan fingerprint density at radius 3 is 2.23 bits per heavy atom. The van der Waals surface area contributed by atoms with Gasteiger partial charge in [-0.05, 0) is 91.3 Å². The Kier molecular flexibility index (Phi) is 6.51. The number of carbonyl (C=O) groups excluding carboxylic acids is 2. The smallest absolute Gasteiger partial charge is 0.366 e. The van der Waals surface area contributed by atoms with Gasteiger partial charge in [-0.2, -0.15) is 13.2 Å². The maximum atomic E-state index is 14.8. The zero-order chi connectivity index (χ0) is 28.2. The van der Waals surface area contributed by atoms with Gasteiger partial charge in [0.1, 0.15) is 5.82 Å². The number of nitrogens with zero attached hydrogens (tertiary/aromatic N) is 1. The molecule has 1 unspecified atom stereocenters. The van der Waals surface area contributed by atoms with Crippen molar-refractivity contribution in [2.24, 2.45) is 5.73 Å². The quantitative estimate of drug-likeness (QED) is 0.401. The normalized spacial score (nSPS) is 22.1. The summed E-state index contributed by atoms with van der Waals surface area (Å²) in [6, 6.07) is 15.9. The second-order valence-electron chi connectivity index (χ2n) is 10.6. The van der Waals surface area contributed by atoms with Crippen LogP contribution in [0.3, 0.4) is 0 Å². The summed E-state index contributed by atoms with van der Waals surface area (Å²) in [7, 11) is 0. The SMILES string of the molecule is CC(F)(c1ccc2c(c1)CC[C@H]1N(C(=O)c3ccc(C(N)=O)cc3)CC[C@@]21Cc1ccc(F)cc1)C(F)(F)F. The van der Waals surface area contributed by atoms with E-state index < -0.39 is 34.5 Å². The number of alkyl halides is 4. The lowest BCUT2D eigenvalue weighted by molar-refractivity contribution is -0.228. The lowest BCUT2D eigenvalue weighted by atomic mass is 9.63. The van der Waals surface area contributed by atoms with Gasteiger partial charge >= 0.3 is 6.18 Å². The molecule has 1 aliphatic heterocycles. The summed E-state index contributed by atoms with van der Waals surface area (Å²) in [5.74, 6) is -1.23. The molecule has 39 heavy (non-hydrogen) atoms. The highest BCUT2D eigenvalue weighted by Crippen LogP contribution is 2.51. The summed E-state index contributed by atoms with van der Waals surface area (Å²) in [4.78, 5) is 26.8. The van der Waals surface area contributed by atoms with E-state index in [-0.39, 0.29) is 17.5 Å². The highest BCUT2D eigenvalue weighted by molar-refractivity contribution is 5.97. The lowest BCUT2D eigenvalue weighted by Gasteiger charge is -2.44. The van der Waals surface area contributed by atoms with Gasteiger partial charge in [-0.1, -0.05) is 30.3 Å². The number of amides is 2. The third kappa shape index (κ3) is 4.57. The summed E-state index contributed by atoms with van der Waals surface area (Å²) in [5.41, 5.74) is 3.59. The average Bonchev–Trinajstić information content (AvgIpc) is 3.28. The summed E-state index contributed by atoms with van der Waals surface area (Å²) in [6.45, 7) is 0.918. The van der Waals surface area contributed by atoms with E-state index in [1.165, 1.54) is 36.4 Å². The molecular formula is C30H27F5N2O2. The number of nitrogens with two attached hydrogens (primary N) is 1. The van der Waals surface area contributed by atoms with Crippen LogP contribution in [0.1, 0.15) is 62.7 Å². The van der Waals surface area contributed by atoms with E-state index in [4.69, 9.17) is 5.73 Å². The van der Waals surface area contributed by atoms with Crippen LogP contribution in [0, 0.1) is 5.82 Å². The van der Waals surface area contributed by atoms with Crippen molar-refractivity contribution < 1.29 is 31.5 Å². The Balaban J connectivity index is 1.56. The molecule has 1 aliphatic carbocycles. The third-order valence-electron chi connectivity index (χ3n) is 8.33. The van der Waals surface area contributed by atoms with E-state index >= 15 is 0 Å². The van der Waals surface area contributed by atoms with Crippen LogP contribution in [0.15, 0.2) is 66.7 Å². The molecule has 0 spiro atoms. The largest absolute Gasteiger partial charge is 0.426 e. The van der Waals surface area contributed by atoms with Crippen molar-refractivity contribution in [2.75, 3.05) is 6.54 Å². The number of likely N-dealkylation sites (tertiary alicyclic amines) is 1. The molecule has 1 fully saturated rings. The van der Waals surface area contributed by atoms with Gasteiger partial charge < -0.3 is 10.6 Å². The highest BCUT2D eigenvalue weighted by atomic mass is 19.4. The Bertz CT molecular complexity index is 1420. The van der Waals surface area contributed by atoms with E-state index in [1.54, 1.807) is 35.2 Å². The fourth-order valence-corrected chi connectivity index (χ4v) is 6.18. The number of carbonyl (C=O) groups is 2. The molecule has 5 rings (SSSR count). The molecule has 3 aromatic rings. The fraction of sp³-hybridized carbons (Fsp3) is 0.333. The van der Waals surface area contributed by atoms with Crippen molar-refractivity contribution in [3.8, 4) is 0 Å². The predicted octanol–water partition coefficient (Wildman–Crippen LogP) is 6.01. The fourth-order valence-electron chi connectivity index (χ4n) is 6.18. The molecule has 204 valence electrons. The van der Waals surface area contributed by atoms with Crippen LogP contribution in [0.2, 0.25) is 0 Å². The van der Waals surface area contributed by atoms with Crippen LogP contribution in [-0.4, -0.2) is 35.5 Å². The van der Waals surface area contributed by atoms with Gasteiger partial charge in [0.05, 0.1) is 0 Å². The first-order chi connectivity index (χ1) is 18.3. The number of rotatable bonds is 5. The van der Waals surface area contributed by atoms with Gasteiger partial charge in [-0.3, -0.25) is 9.59 Å². The van der Waals surface area contributed by atoms with E-state index in [9.17, 15) is 31.5 Å². The standard InChI is InChI=1S/C30H27F5N2O2/c1-28(32,30(33,34)35)22-9-12-24-21(16-22)8-13-25-29(24,17-18-2-10-23(31)11-3-18)14-15-37(25)27(39)20-6-4-19(5-7-20)26(36)38/h2-7,9-12,16,25H,8,13-15,17H2,1H3,(H2,36,38)/t25-,28?,29-/m1/s1. The zero-order valence-corrected chi connectivity index (χ0v) is 21.2. The molecule has 0 bridgehead atoms. The van der Waals surface area contributed by atoms with Crippen molar-refractivity contribution in [1.82, 2.24) is 4.90 Å². The van der Waals surface area contributed by atoms with Gasteiger partial charge in [-0.25, -0.2) is 8.78 Å². The van der Waals surface area contributed by atoms with Crippen molar-refractivity contribution in [3.05, 3.63) is 106 Å². The number of aryl methyl sites for hydroxylation is 1. The average molecular weight is 543 g/mol. The summed E-state index contributed by atoms with van der Waals surface area (Å²) in [6.07, 6.45) is -3.26. The molecule has 9 heteroatoms. The van der Waals surface area contributed by atoms with E-state index in [0.717, 1.165) is 11.1 Å². The van der Waals surface area contributed by atoms with Crippen molar-refractivity contribution >= 4 is 11.8 Å². The molecule has 0 aromatic heterocycles. The second kappa shape index (κ2) is 9.47. The molecule has 3 aromatic carbocycles. The molecule has 4 nitrogen and oxygen atoms in total. The molecular weight excluding hydrogens is 515 g/mol. The number of benzene rings is 3. The topological polar surface area (TPSA) is 63.4 Å². The monoisotopic (exact) mass is 542 g/mol. The lowest BCUT2D eigenvalue weighted by Crippen LogP contribution is -2.49. The van der Waals surface area contributed by atoms with Crippen molar-refractivity contribution in [1.29, 1.82) is 0 Å². The van der Waals surface area contributed by atoms with Gasteiger partial charge in [0.15, 0.2) is 0 Å². The van der Waals surface area contributed by atoms with Gasteiger partial charge in [0.25, 0.3) is 5.91 Å². The molecule has 1 heterocycles. The maximum absolute atomic E-state index is 14.8. The molecule has 0 radical (unpaired) electrons. The van der Waals surface area contributed by atoms with Crippen molar-refractivity contribution in [3.63, 3.8) is 0 Å². The van der Waals surface area contributed by atoms with Crippen molar-refractivity contribution in [2.45, 2.75) is 55.9 Å². The minimum Gasteiger partial charge on any atom is -0.366 e. The Morgan fingerprint density at radius 2 is 1.62 bits per heavy atom. The molecule has 2 aliphatic rings.